The molecule has 0 bridgehead atoms. The molecule has 0 radical (unpaired) electrons. The summed E-state index contributed by atoms with van der Waals surface area (Å²) in [4.78, 5) is 0. The van der Waals surface area contributed by atoms with Gasteiger partial charge in [-0.3, -0.25) is 5.10 Å². The normalized spacial score (nSPS) is 12.7. The molecule has 3 nitrogen and oxygen atoms in total. The SMILES string of the molecule is NCc1cc(-c2ccc(C(F)(F)F)cc2C(F)(F)F)n[nH]1. The number of aromatic nitrogens is 2. The van der Waals surface area contributed by atoms with Crippen molar-refractivity contribution < 1.29 is 26.3 Å². The monoisotopic (exact) mass is 309 g/mol. The molecule has 0 fully saturated rings. The third-order valence-corrected chi connectivity index (χ3v) is 2.78. The van der Waals surface area contributed by atoms with Gasteiger partial charge < -0.3 is 5.73 Å². The first-order chi connectivity index (χ1) is 9.63. The van der Waals surface area contributed by atoms with Crippen molar-refractivity contribution in [1.82, 2.24) is 10.2 Å². The molecule has 1 aromatic heterocycles. The van der Waals surface area contributed by atoms with E-state index in [1.807, 2.05) is 0 Å². The van der Waals surface area contributed by atoms with Crippen molar-refractivity contribution in [2.45, 2.75) is 18.9 Å². The smallest absolute Gasteiger partial charge is 0.325 e. The maximum absolute atomic E-state index is 13.0. The molecule has 0 aliphatic carbocycles. The van der Waals surface area contributed by atoms with Crippen LogP contribution in [0.4, 0.5) is 26.3 Å². The van der Waals surface area contributed by atoms with Gasteiger partial charge in [0.05, 0.1) is 16.8 Å². The summed E-state index contributed by atoms with van der Waals surface area (Å²) < 4.78 is 76.5. The lowest BCUT2D eigenvalue weighted by molar-refractivity contribution is -0.142. The van der Waals surface area contributed by atoms with Crippen molar-refractivity contribution in [3.63, 3.8) is 0 Å². The second kappa shape index (κ2) is 5.06. The fourth-order valence-corrected chi connectivity index (χ4v) is 1.78. The quantitative estimate of drug-likeness (QED) is 0.833. The largest absolute Gasteiger partial charge is 0.417 e. The summed E-state index contributed by atoms with van der Waals surface area (Å²) in [6.07, 6.45) is -9.79. The van der Waals surface area contributed by atoms with Crippen molar-refractivity contribution in [1.29, 1.82) is 0 Å². The molecule has 0 saturated heterocycles. The zero-order valence-electron chi connectivity index (χ0n) is 10.3. The lowest BCUT2D eigenvalue weighted by Gasteiger charge is -2.14. The van der Waals surface area contributed by atoms with Gasteiger partial charge in [0, 0.05) is 17.8 Å². The molecule has 0 spiro atoms. The Kier molecular flexibility index (Phi) is 3.70. The van der Waals surface area contributed by atoms with Gasteiger partial charge in [-0.2, -0.15) is 31.4 Å². The number of hydrogen-bond acceptors (Lipinski definition) is 2. The molecule has 2 aromatic rings. The average Bonchev–Trinajstić information content (AvgIpc) is 2.84. The fraction of sp³-hybridized carbons (Fsp3) is 0.250. The molecule has 0 saturated carbocycles. The first-order valence-corrected chi connectivity index (χ1v) is 5.66. The molecule has 0 atom stereocenters. The van der Waals surface area contributed by atoms with E-state index in [1.54, 1.807) is 0 Å². The maximum atomic E-state index is 13.0. The van der Waals surface area contributed by atoms with Gasteiger partial charge in [-0.1, -0.05) is 6.07 Å². The lowest BCUT2D eigenvalue weighted by Crippen LogP contribution is -2.12. The fourth-order valence-electron chi connectivity index (χ4n) is 1.78. The Morgan fingerprint density at radius 2 is 1.67 bits per heavy atom. The molecule has 3 N–H and O–H groups in total. The van der Waals surface area contributed by atoms with Gasteiger partial charge in [-0.25, -0.2) is 0 Å². The molecular formula is C12H9F6N3. The van der Waals surface area contributed by atoms with E-state index >= 15 is 0 Å². The van der Waals surface area contributed by atoms with Crippen molar-refractivity contribution in [3.8, 4) is 11.3 Å². The summed E-state index contributed by atoms with van der Waals surface area (Å²) in [5, 5.41) is 6.05. The van der Waals surface area contributed by atoms with Gasteiger partial charge in [-0.05, 0) is 18.2 Å². The zero-order chi connectivity index (χ0) is 15.8. The van der Waals surface area contributed by atoms with Crippen LogP contribution in [0.3, 0.4) is 0 Å². The van der Waals surface area contributed by atoms with Gasteiger partial charge in [0.1, 0.15) is 0 Å². The minimum absolute atomic E-state index is 0.0228. The van der Waals surface area contributed by atoms with E-state index in [2.05, 4.69) is 10.2 Å². The van der Waals surface area contributed by atoms with E-state index in [1.165, 1.54) is 6.07 Å². The van der Waals surface area contributed by atoms with Crippen LogP contribution in [0.5, 0.6) is 0 Å². The predicted octanol–water partition coefficient (Wildman–Crippen LogP) is 3.57. The third-order valence-electron chi connectivity index (χ3n) is 2.78. The summed E-state index contributed by atoms with van der Waals surface area (Å²) in [6, 6.07) is 2.67. The van der Waals surface area contributed by atoms with Crippen LogP contribution >= 0.6 is 0 Å². The van der Waals surface area contributed by atoms with E-state index in [0.29, 0.717) is 11.8 Å². The Bertz CT molecular complexity index is 641. The molecule has 0 aliphatic heterocycles. The number of rotatable bonds is 2. The molecule has 1 heterocycles. The number of nitrogens with two attached hydrogens (primary N) is 1. The summed E-state index contributed by atoms with van der Waals surface area (Å²) in [7, 11) is 0. The highest BCUT2D eigenvalue weighted by Crippen LogP contribution is 2.40. The third kappa shape index (κ3) is 3.18. The molecule has 114 valence electrons. The van der Waals surface area contributed by atoms with Crippen LogP contribution in [0.25, 0.3) is 11.3 Å². The number of hydrogen-bond donors (Lipinski definition) is 2. The van der Waals surface area contributed by atoms with Crippen LogP contribution in [0.15, 0.2) is 24.3 Å². The number of benzene rings is 1. The van der Waals surface area contributed by atoms with Crippen molar-refractivity contribution >= 4 is 0 Å². The highest BCUT2D eigenvalue weighted by molar-refractivity contribution is 5.65. The van der Waals surface area contributed by atoms with E-state index in [-0.39, 0.29) is 18.3 Å². The van der Waals surface area contributed by atoms with Crippen molar-refractivity contribution in [2.24, 2.45) is 5.73 Å². The number of aromatic amines is 1. The Hall–Kier alpha value is -2.03. The van der Waals surface area contributed by atoms with E-state index in [9.17, 15) is 26.3 Å². The van der Waals surface area contributed by atoms with E-state index in [0.717, 1.165) is 6.07 Å². The number of halogens is 6. The molecule has 0 unspecified atom stereocenters. The topological polar surface area (TPSA) is 54.7 Å². The van der Waals surface area contributed by atoms with Crippen LogP contribution in [-0.4, -0.2) is 10.2 Å². The highest BCUT2D eigenvalue weighted by Gasteiger charge is 2.38. The Morgan fingerprint density at radius 3 is 2.14 bits per heavy atom. The first-order valence-electron chi connectivity index (χ1n) is 5.66. The summed E-state index contributed by atoms with van der Waals surface area (Å²) >= 11 is 0. The Labute approximate surface area is 114 Å². The van der Waals surface area contributed by atoms with E-state index in [4.69, 9.17) is 5.73 Å². The molecule has 0 amide bonds. The number of nitrogens with one attached hydrogen (secondary N) is 1. The van der Waals surface area contributed by atoms with Crippen molar-refractivity contribution in [3.05, 3.63) is 41.1 Å². The van der Waals surface area contributed by atoms with Gasteiger partial charge in [-0.15, -0.1) is 0 Å². The summed E-state index contributed by atoms with van der Waals surface area (Å²) in [6.45, 7) is 0.0228. The van der Waals surface area contributed by atoms with Crippen LogP contribution in [0.1, 0.15) is 16.8 Å². The van der Waals surface area contributed by atoms with Gasteiger partial charge in [0.15, 0.2) is 0 Å². The molecule has 21 heavy (non-hydrogen) atoms. The minimum Gasteiger partial charge on any atom is -0.325 e. The molecule has 0 aliphatic rings. The lowest BCUT2D eigenvalue weighted by atomic mass is 10.0. The maximum Gasteiger partial charge on any atom is 0.417 e. The standard InChI is InChI=1S/C12H9F6N3/c13-11(14,15)6-1-2-8(9(3-6)12(16,17)18)10-4-7(5-19)20-21-10/h1-4H,5,19H2,(H,20,21). The molecule has 1 aromatic carbocycles. The molecule has 2 rings (SSSR count). The first kappa shape index (κ1) is 15.4. The zero-order valence-corrected chi connectivity index (χ0v) is 10.3. The molecule has 9 heteroatoms. The second-order valence-electron chi connectivity index (χ2n) is 4.24. The highest BCUT2D eigenvalue weighted by atomic mass is 19.4. The van der Waals surface area contributed by atoms with Crippen molar-refractivity contribution in [2.75, 3.05) is 0 Å². The van der Waals surface area contributed by atoms with Crippen LogP contribution < -0.4 is 5.73 Å². The van der Waals surface area contributed by atoms with Crippen LogP contribution in [-0.2, 0) is 18.9 Å². The summed E-state index contributed by atoms with van der Waals surface area (Å²) in [5.41, 5.74) is 2.36. The van der Waals surface area contributed by atoms with E-state index < -0.39 is 29.0 Å². The molecular weight excluding hydrogens is 300 g/mol. The predicted molar refractivity (Wildman–Crippen MR) is 61.9 cm³/mol. The number of H-pyrrole nitrogens is 1. The van der Waals surface area contributed by atoms with Crippen LogP contribution in [0, 0.1) is 0 Å². The second-order valence-corrected chi connectivity index (χ2v) is 4.24. The summed E-state index contributed by atoms with van der Waals surface area (Å²) in [5.74, 6) is 0. The van der Waals surface area contributed by atoms with Gasteiger partial charge in [0.25, 0.3) is 0 Å². The average molecular weight is 309 g/mol. The van der Waals surface area contributed by atoms with Crippen LogP contribution in [0.2, 0.25) is 0 Å². The van der Waals surface area contributed by atoms with Gasteiger partial charge in [0.2, 0.25) is 0 Å². The Balaban J connectivity index is 2.60. The number of nitrogens with zero attached hydrogens (tertiary/aromatic N) is 1. The minimum atomic E-state index is -4.93. The number of alkyl halides is 6. The Morgan fingerprint density at radius 1 is 1.00 bits per heavy atom. The van der Waals surface area contributed by atoms with Gasteiger partial charge >= 0.3 is 12.4 Å².